The summed E-state index contributed by atoms with van der Waals surface area (Å²) in [5, 5.41) is 8.86. The summed E-state index contributed by atoms with van der Waals surface area (Å²) in [5.41, 5.74) is 2.98. The van der Waals surface area contributed by atoms with Gasteiger partial charge in [0.25, 0.3) is 0 Å². The zero-order valence-corrected chi connectivity index (χ0v) is 10.7. The third-order valence-corrected chi connectivity index (χ3v) is 3.50. The number of halogens is 2. The van der Waals surface area contributed by atoms with E-state index in [1.165, 1.54) is 24.3 Å². The zero-order chi connectivity index (χ0) is 14.1. The van der Waals surface area contributed by atoms with Crippen molar-refractivity contribution in [2.24, 2.45) is 0 Å². The Balaban J connectivity index is 1.89. The van der Waals surface area contributed by atoms with Gasteiger partial charge in [0, 0.05) is 18.8 Å². The lowest BCUT2D eigenvalue weighted by Crippen LogP contribution is -2.19. The largest absolute Gasteiger partial charge is 0.367 e. The molecule has 0 fully saturated rings. The number of nitriles is 1. The summed E-state index contributed by atoms with van der Waals surface area (Å²) in [7, 11) is 0. The van der Waals surface area contributed by atoms with E-state index >= 15 is 0 Å². The van der Waals surface area contributed by atoms with Crippen LogP contribution in [0.1, 0.15) is 16.7 Å². The van der Waals surface area contributed by atoms with E-state index in [9.17, 15) is 8.78 Å². The average Bonchev–Trinajstić information content (AvgIpc) is 2.80. The molecular formula is C16H12F2N2. The summed E-state index contributed by atoms with van der Waals surface area (Å²) in [5.74, 6) is -0.690. The Labute approximate surface area is 115 Å². The van der Waals surface area contributed by atoms with Crippen molar-refractivity contribution in [3.63, 3.8) is 0 Å². The van der Waals surface area contributed by atoms with Crippen LogP contribution in [0.15, 0.2) is 36.4 Å². The highest BCUT2D eigenvalue weighted by atomic mass is 19.1. The summed E-state index contributed by atoms with van der Waals surface area (Å²) < 4.78 is 26.7. The van der Waals surface area contributed by atoms with Crippen molar-refractivity contribution < 1.29 is 8.78 Å². The van der Waals surface area contributed by atoms with E-state index in [0.717, 1.165) is 29.8 Å². The molecule has 2 nitrogen and oxygen atoms in total. The Hall–Kier alpha value is -2.41. The molecule has 0 saturated carbocycles. The van der Waals surface area contributed by atoms with Gasteiger partial charge >= 0.3 is 0 Å². The molecule has 0 radical (unpaired) electrons. The summed E-state index contributed by atoms with van der Waals surface area (Å²) in [6.45, 7) is 1.25. The van der Waals surface area contributed by atoms with E-state index in [1.807, 2.05) is 11.0 Å². The van der Waals surface area contributed by atoms with Crippen LogP contribution in [0.2, 0.25) is 0 Å². The molecule has 0 aromatic heterocycles. The molecule has 1 aliphatic rings. The molecule has 20 heavy (non-hydrogen) atoms. The number of anilines is 1. The maximum Gasteiger partial charge on any atom is 0.125 e. The first-order chi connectivity index (χ1) is 9.65. The minimum Gasteiger partial charge on any atom is -0.367 e. The van der Waals surface area contributed by atoms with E-state index in [2.05, 4.69) is 0 Å². The first kappa shape index (κ1) is 12.6. The predicted molar refractivity (Wildman–Crippen MR) is 72.3 cm³/mol. The van der Waals surface area contributed by atoms with Gasteiger partial charge in [0.15, 0.2) is 0 Å². The van der Waals surface area contributed by atoms with Gasteiger partial charge in [-0.1, -0.05) is 6.07 Å². The molecule has 0 amide bonds. The van der Waals surface area contributed by atoms with Crippen molar-refractivity contribution >= 4 is 5.69 Å². The van der Waals surface area contributed by atoms with Gasteiger partial charge in [0.1, 0.15) is 11.6 Å². The Morgan fingerprint density at radius 1 is 1.10 bits per heavy atom. The van der Waals surface area contributed by atoms with Gasteiger partial charge in [-0.25, -0.2) is 8.78 Å². The third-order valence-electron chi connectivity index (χ3n) is 3.50. The molecule has 1 heterocycles. The van der Waals surface area contributed by atoms with Gasteiger partial charge in [-0.05, 0) is 47.9 Å². The van der Waals surface area contributed by atoms with Gasteiger partial charge in [0.05, 0.1) is 11.6 Å². The fourth-order valence-electron chi connectivity index (χ4n) is 2.61. The van der Waals surface area contributed by atoms with Crippen molar-refractivity contribution in [2.75, 3.05) is 11.4 Å². The molecule has 3 rings (SSSR count). The van der Waals surface area contributed by atoms with Gasteiger partial charge < -0.3 is 4.90 Å². The monoisotopic (exact) mass is 270 g/mol. The van der Waals surface area contributed by atoms with Gasteiger partial charge in [0.2, 0.25) is 0 Å². The van der Waals surface area contributed by atoms with Crippen molar-refractivity contribution in [2.45, 2.75) is 13.0 Å². The molecule has 0 unspecified atom stereocenters. The Bertz CT molecular complexity index is 704. The predicted octanol–water partition coefficient (Wildman–Crippen LogP) is 3.40. The van der Waals surface area contributed by atoms with E-state index in [-0.39, 0.29) is 5.82 Å². The van der Waals surface area contributed by atoms with Crippen LogP contribution in [-0.4, -0.2) is 6.54 Å². The lowest BCUT2D eigenvalue weighted by Gasteiger charge is -2.19. The standard InChI is InChI=1S/C16H12F2N2/c17-14-2-1-13-3-4-20(16(13)8-14)10-12-5-11(9-19)6-15(18)7-12/h1-2,5-8H,3-4,10H2. The molecule has 0 N–H and O–H groups in total. The quantitative estimate of drug-likeness (QED) is 0.836. The van der Waals surface area contributed by atoms with E-state index < -0.39 is 5.82 Å². The van der Waals surface area contributed by atoms with Gasteiger partial charge in [-0.15, -0.1) is 0 Å². The molecule has 0 atom stereocenters. The first-order valence-corrected chi connectivity index (χ1v) is 6.38. The van der Waals surface area contributed by atoms with E-state index in [0.29, 0.717) is 12.1 Å². The van der Waals surface area contributed by atoms with Crippen LogP contribution in [0.25, 0.3) is 0 Å². The summed E-state index contributed by atoms with van der Waals surface area (Å²) in [6.07, 6.45) is 0.857. The minimum atomic E-state index is -0.419. The smallest absolute Gasteiger partial charge is 0.125 e. The topological polar surface area (TPSA) is 27.0 Å². The second-order valence-electron chi connectivity index (χ2n) is 4.90. The Morgan fingerprint density at radius 2 is 1.95 bits per heavy atom. The molecule has 0 bridgehead atoms. The summed E-state index contributed by atoms with van der Waals surface area (Å²) in [4.78, 5) is 2.01. The van der Waals surface area contributed by atoms with Crippen molar-refractivity contribution in [1.82, 2.24) is 0 Å². The van der Waals surface area contributed by atoms with Crippen LogP contribution in [0.3, 0.4) is 0 Å². The number of fused-ring (bicyclic) bond motifs is 1. The molecule has 4 heteroatoms. The highest BCUT2D eigenvalue weighted by Gasteiger charge is 2.19. The fraction of sp³-hybridized carbons (Fsp3) is 0.188. The second-order valence-corrected chi connectivity index (χ2v) is 4.90. The van der Waals surface area contributed by atoms with Gasteiger partial charge in [-0.3, -0.25) is 0 Å². The molecular weight excluding hydrogens is 258 g/mol. The third kappa shape index (κ3) is 2.35. The van der Waals surface area contributed by atoms with E-state index in [4.69, 9.17) is 5.26 Å². The number of hydrogen-bond donors (Lipinski definition) is 0. The molecule has 100 valence electrons. The maximum atomic E-state index is 13.4. The SMILES string of the molecule is N#Cc1cc(F)cc(CN2CCc3ccc(F)cc32)c1. The molecule has 0 saturated heterocycles. The molecule has 1 aliphatic heterocycles. The van der Waals surface area contributed by atoms with Crippen LogP contribution in [0.4, 0.5) is 14.5 Å². The number of nitrogens with zero attached hydrogens (tertiary/aromatic N) is 2. The van der Waals surface area contributed by atoms with Crippen molar-refractivity contribution in [1.29, 1.82) is 5.26 Å². The zero-order valence-electron chi connectivity index (χ0n) is 10.7. The fourth-order valence-corrected chi connectivity index (χ4v) is 2.61. The summed E-state index contributed by atoms with van der Waals surface area (Å²) >= 11 is 0. The molecule has 2 aromatic carbocycles. The van der Waals surface area contributed by atoms with Crippen LogP contribution >= 0.6 is 0 Å². The van der Waals surface area contributed by atoms with Crippen LogP contribution in [0.5, 0.6) is 0 Å². The van der Waals surface area contributed by atoms with E-state index in [1.54, 1.807) is 12.1 Å². The first-order valence-electron chi connectivity index (χ1n) is 6.38. The average molecular weight is 270 g/mol. The number of rotatable bonds is 2. The lowest BCUT2D eigenvalue weighted by molar-refractivity contribution is 0.623. The highest BCUT2D eigenvalue weighted by molar-refractivity contribution is 5.58. The lowest BCUT2D eigenvalue weighted by atomic mass is 10.1. The Kier molecular flexibility index (Phi) is 3.11. The maximum absolute atomic E-state index is 13.4. The summed E-state index contributed by atoms with van der Waals surface area (Å²) in [6, 6.07) is 11.0. The number of benzene rings is 2. The molecule has 0 spiro atoms. The highest BCUT2D eigenvalue weighted by Crippen LogP contribution is 2.30. The van der Waals surface area contributed by atoms with Crippen LogP contribution in [-0.2, 0) is 13.0 Å². The number of hydrogen-bond acceptors (Lipinski definition) is 2. The van der Waals surface area contributed by atoms with Crippen LogP contribution < -0.4 is 4.90 Å². The van der Waals surface area contributed by atoms with Gasteiger partial charge in [-0.2, -0.15) is 5.26 Å². The van der Waals surface area contributed by atoms with Crippen molar-refractivity contribution in [3.8, 4) is 6.07 Å². The minimum absolute atomic E-state index is 0.271. The molecule has 0 aliphatic carbocycles. The molecule has 2 aromatic rings. The van der Waals surface area contributed by atoms with Crippen LogP contribution in [0, 0.1) is 23.0 Å². The Morgan fingerprint density at radius 3 is 2.75 bits per heavy atom. The normalized spacial score (nSPS) is 13.2. The second kappa shape index (κ2) is 4.93. The van der Waals surface area contributed by atoms with Crippen molar-refractivity contribution in [3.05, 3.63) is 64.7 Å².